The fourth-order valence-electron chi connectivity index (χ4n) is 7.69. The van der Waals surface area contributed by atoms with Gasteiger partial charge in [0.1, 0.15) is 11.5 Å². The topological polar surface area (TPSA) is 46.5 Å². The quantitative estimate of drug-likeness (QED) is 0.261. The van der Waals surface area contributed by atoms with E-state index in [1.54, 1.807) is 6.07 Å². The number of phenolic OH excluding ortho intramolecular Hbond substituents is 1. The third kappa shape index (κ3) is 2.99. The summed E-state index contributed by atoms with van der Waals surface area (Å²) in [5, 5.41) is 15.1. The number of carbonyl (C=O) groups is 1. The molecule has 0 aromatic heterocycles. The first-order valence-electron chi connectivity index (χ1n) is 12.5. The first kappa shape index (κ1) is 20.1. The molecular formula is C31H28O3. The fourth-order valence-corrected chi connectivity index (χ4v) is 7.69. The highest BCUT2D eigenvalue weighted by molar-refractivity contribution is 6.10. The molecule has 4 fully saturated rings. The van der Waals surface area contributed by atoms with Crippen molar-refractivity contribution in [3.63, 3.8) is 0 Å². The van der Waals surface area contributed by atoms with Crippen molar-refractivity contribution < 1.29 is 14.6 Å². The number of ether oxygens (including phenoxy) is 1. The molecule has 4 aliphatic rings. The molecule has 4 aromatic carbocycles. The SMILES string of the molecule is O=C(Oc1ccc2ccccc2c1-c1c(O)ccc2ccccc12)C12CC3CC(CC(C3)C1)C2. The van der Waals surface area contributed by atoms with Gasteiger partial charge in [0.15, 0.2) is 0 Å². The summed E-state index contributed by atoms with van der Waals surface area (Å²) in [5.74, 6) is 2.71. The summed E-state index contributed by atoms with van der Waals surface area (Å²) in [6, 6.07) is 23.8. The summed E-state index contributed by atoms with van der Waals surface area (Å²) in [7, 11) is 0. The van der Waals surface area contributed by atoms with Crippen LogP contribution in [0.4, 0.5) is 0 Å². The highest BCUT2D eigenvalue weighted by Crippen LogP contribution is 2.60. The third-order valence-electron chi connectivity index (χ3n) is 8.72. The average Bonchev–Trinajstić information content (AvgIpc) is 2.83. The van der Waals surface area contributed by atoms with E-state index in [4.69, 9.17) is 4.74 Å². The van der Waals surface area contributed by atoms with E-state index < -0.39 is 0 Å². The van der Waals surface area contributed by atoms with Gasteiger partial charge < -0.3 is 9.84 Å². The first-order valence-corrected chi connectivity index (χ1v) is 12.5. The Bertz CT molecular complexity index is 1410. The molecular weight excluding hydrogens is 420 g/mol. The molecule has 3 nitrogen and oxygen atoms in total. The summed E-state index contributed by atoms with van der Waals surface area (Å²) in [4.78, 5) is 13.8. The molecule has 1 N–H and O–H groups in total. The number of hydrogen-bond donors (Lipinski definition) is 1. The van der Waals surface area contributed by atoms with Crippen molar-refractivity contribution in [3.8, 4) is 22.6 Å². The first-order chi connectivity index (χ1) is 16.6. The monoisotopic (exact) mass is 448 g/mol. The molecule has 0 heterocycles. The maximum atomic E-state index is 13.8. The Kier molecular flexibility index (Phi) is 4.33. The number of benzene rings is 4. The number of phenols is 1. The molecule has 4 aromatic rings. The van der Waals surface area contributed by atoms with Crippen LogP contribution in [0.5, 0.6) is 11.5 Å². The van der Waals surface area contributed by atoms with Gasteiger partial charge in [-0.25, -0.2) is 0 Å². The van der Waals surface area contributed by atoms with E-state index in [9.17, 15) is 9.90 Å². The molecule has 0 aliphatic heterocycles. The number of esters is 1. The zero-order valence-electron chi connectivity index (χ0n) is 19.2. The molecule has 4 aliphatic carbocycles. The fraction of sp³-hybridized carbons (Fsp3) is 0.323. The molecule has 3 heteroatoms. The Morgan fingerprint density at radius 3 is 1.85 bits per heavy atom. The zero-order valence-corrected chi connectivity index (χ0v) is 19.2. The highest BCUT2D eigenvalue weighted by atomic mass is 16.5. The summed E-state index contributed by atoms with van der Waals surface area (Å²) in [5.41, 5.74) is 1.19. The molecule has 0 radical (unpaired) electrons. The van der Waals surface area contributed by atoms with Crippen molar-refractivity contribution in [3.05, 3.63) is 72.8 Å². The number of hydrogen-bond acceptors (Lipinski definition) is 3. The lowest BCUT2D eigenvalue weighted by Gasteiger charge is -2.55. The lowest BCUT2D eigenvalue weighted by atomic mass is 9.49. The molecule has 0 atom stereocenters. The molecule has 0 unspecified atom stereocenters. The van der Waals surface area contributed by atoms with Crippen LogP contribution in [-0.2, 0) is 4.79 Å². The van der Waals surface area contributed by atoms with Crippen LogP contribution >= 0.6 is 0 Å². The van der Waals surface area contributed by atoms with Crippen LogP contribution in [-0.4, -0.2) is 11.1 Å². The predicted molar refractivity (Wildman–Crippen MR) is 135 cm³/mol. The van der Waals surface area contributed by atoms with Gasteiger partial charge in [-0.15, -0.1) is 0 Å². The molecule has 4 bridgehead atoms. The standard InChI is InChI=1S/C31H28O3/c32-26-11-9-22-5-1-3-7-24(22)28(26)29-25-8-4-2-6-23(25)10-12-27(29)34-30(33)31-16-19-13-20(17-31)15-21(14-19)18-31/h1-12,19-21,32H,13-18H2. The minimum Gasteiger partial charge on any atom is -0.507 e. The number of carbonyl (C=O) groups excluding carboxylic acids is 1. The van der Waals surface area contributed by atoms with Crippen LogP contribution in [0.25, 0.3) is 32.7 Å². The molecule has 0 saturated heterocycles. The second-order valence-electron chi connectivity index (χ2n) is 10.9. The molecule has 0 amide bonds. The maximum absolute atomic E-state index is 13.8. The molecule has 170 valence electrons. The maximum Gasteiger partial charge on any atom is 0.317 e. The Morgan fingerprint density at radius 1 is 0.706 bits per heavy atom. The van der Waals surface area contributed by atoms with Gasteiger partial charge >= 0.3 is 5.97 Å². The van der Waals surface area contributed by atoms with E-state index in [-0.39, 0.29) is 17.1 Å². The van der Waals surface area contributed by atoms with Crippen LogP contribution in [0.3, 0.4) is 0 Å². The molecule has 0 spiro atoms. The van der Waals surface area contributed by atoms with Crippen LogP contribution in [0, 0.1) is 23.2 Å². The third-order valence-corrected chi connectivity index (χ3v) is 8.72. The van der Waals surface area contributed by atoms with Crippen LogP contribution in [0.2, 0.25) is 0 Å². The lowest BCUT2D eigenvalue weighted by Crippen LogP contribution is -2.51. The van der Waals surface area contributed by atoms with E-state index in [2.05, 4.69) is 6.07 Å². The predicted octanol–water partition coefficient (Wildman–Crippen LogP) is 7.49. The van der Waals surface area contributed by atoms with Crippen molar-refractivity contribution >= 4 is 27.5 Å². The van der Waals surface area contributed by atoms with Gasteiger partial charge in [-0.2, -0.15) is 0 Å². The van der Waals surface area contributed by atoms with Gasteiger partial charge in [-0.05, 0) is 90.0 Å². The summed E-state index contributed by atoms with van der Waals surface area (Å²) < 4.78 is 6.35. The van der Waals surface area contributed by atoms with Crippen molar-refractivity contribution in [2.75, 3.05) is 0 Å². The molecule has 4 saturated carbocycles. The summed E-state index contributed by atoms with van der Waals surface area (Å²) >= 11 is 0. The van der Waals surface area contributed by atoms with Gasteiger partial charge in [0.2, 0.25) is 0 Å². The summed E-state index contributed by atoms with van der Waals surface area (Å²) in [6.07, 6.45) is 6.79. The van der Waals surface area contributed by atoms with Gasteiger partial charge in [0, 0.05) is 11.1 Å². The zero-order chi connectivity index (χ0) is 22.9. The smallest absolute Gasteiger partial charge is 0.317 e. The van der Waals surface area contributed by atoms with Crippen molar-refractivity contribution in [1.29, 1.82) is 0 Å². The molecule has 8 rings (SSSR count). The van der Waals surface area contributed by atoms with E-state index in [0.29, 0.717) is 23.5 Å². The van der Waals surface area contributed by atoms with E-state index in [1.165, 1.54) is 19.3 Å². The second kappa shape index (κ2) is 7.33. The van der Waals surface area contributed by atoms with Gasteiger partial charge in [-0.3, -0.25) is 4.79 Å². The normalized spacial score (nSPS) is 27.4. The Hall–Kier alpha value is -3.33. The Balaban J connectivity index is 1.39. The largest absolute Gasteiger partial charge is 0.507 e. The van der Waals surface area contributed by atoms with Gasteiger partial charge in [0.25, 0.3) is 0 Å². The Labute approximate surface area is 199 Å². The minimum absolute atomic E-state index is 0.0668. The average molecular weight is 449 g/mol. The van der Waals surface area contributed by atoms with E-state index >= 15 is 0 Å². The van der Waals surface area contributed by atoms with E-state index in [0.717, 1.165) is 51.9 Å². The minimum atomic E-state index is -0.335. The van der Waals surface area contributed by atoms with Crippen LogP contribution < -0.4 is 4.74 Å². The Morgan fingerprint density at radius 2 is 1.24 bits per heavy atom. The van der Waals surface area contributed by atoms with Crippen molar-refractivity contribution in [2.45, 2.75) is 38.5 Å². The van der Waals surface area contributed by atoms with Crippen molar-refractivity contribution in [1.82, 2.24) is 0 Å². The highest BCUT2D eigenvalue weighted by Gasteiger charge is 2.55. The van der Waals surface area contributed by atoms with E-state index in [1.807, 2.05) is 60.7 Å². The molecule has 34 heavy (non-hydrogen) atoms. The summed E-state index contributed by atoms with van der Waals surface area (Å²) in [6.45, 7) is 0. The number of fused-ring (bicyclic) bond motifs is 2. The van der Waals surface area contributed by atoms with Crippen LogP contribution in [0.15, 0.2) is 72.8 Å². The number of aromatic hydroxyl groups is 1. The van der Waals surface area contributed by atoms with Crippen LogP contribution in [0.1, 0.15) is 38.5 Å². The van der Waals surface area contributed by atoms with Gasteiger partial charge in [-0.1, -0.05) is 60.7 Å². The number of rotatable bonds is 3. The van der Waals surface area contributed by atoms with Crippen molar-refractivity contribution in [2.24, 2.45) is 23.2 Å². The lowest BCUT2D eigenvalue weighted by molar-refractivity contribution is -0.161. The second-order valence-corrected chi connectivity index (χ2v) is 10.9. The van der Waals surface area contributed by atoms with Gasteiger partial charge in [0.05, 0.1) is 5.41 Å².